The van der Waals surface area contributed by atoms with Gasteiger partial charge in [0.2, 0.25) is 0 Å². The van der Waals surface area contributed by atoms with Crippen LogP contribution in [0.2, 0.25) is 0 Å². The second-order valence-corrected chi connectivity index (χ2v) is 7.53. The number of carbonyl (C=O) groups is 1. The molecule has 4 N–H and O–H groups in total. The molecule has 9 heteroatoms. The van der Waals surface area contributed by atoms with Gasteiger partial charge in [-0.1, -0.05) is 36.4 Å². The number of aromatic nitrogens is 1. The number of nitrogens with one attached hydrogen (secondary N) is 1. The van der Waals surface area contributed by atoms with E-state index in [-0.39, 0.29) is 24.3 Å². The summed E-state index contributed by atoms with van der Waals surface area (Å²) in [5, 5.41) is 12.2. The quantitative estimate of drug-likeness (QED) is 0.538. The van der Waals surface area contributed by atoms with Crippen LogP contribution in [0.4, 0.5) is 13.2 Å². The van der Waals surface area contributed by atoms with Gasteiger partial charge in [0.05, 0.1) is 18.3 Å². The average Bonchev–Trinajstić information content (AvgIpc) is 3.17. The van der Waals surface area contributed by atoms with Gasteiger partial charge in [0.15, 0.2) is 0 Å². The molecule has 1 atom stereocenters. The van der Waals surface area contributed by atoms with E-state index in [0.717, 1.165) is 11.1 Å². The number of aliphatic hydroxyl groups is 1. The van der Waals surface area contributed by atoms with E-state index in [1.54, 1.807) is 24.3 Å². The Morgan fingerprint density at radius 1 is 1.12 bits per heavy atom. The highest BCUT2D eigenvalue weighted by atomic mass is 19.4. The number of rotatable bonds is 6. The van der Waals surface area contributed by atoms with Gasteiger partial charge < -0.3 is 25.5 Å². The van der Waals surface area contributed by atoms with Crippen molar-refractivity contribution in [3.8, 4) is 28.1 Å². The highest BCUT2D eigenvalue weighted by Gasteiger charge is 2.32. The number of aliphatic hydroxyl groups excluding tert-OH is 1. The number of benzene rings is 2. The number of amides is 1. The molecule has 2 heterocycles. The molecule has 0 fully saturated rings. The summed E-state index contributed by atoms with van der Waals surface area (Å²) in [6, 6.07) is 14.4. The van der Waals surface area contributed by atoms with Crippen LogP contribution in [-0.4, -0.2) is 35.0 Å². The standard InChI is InChI=1S/C23H22F3N3O3/c24-23(25,26)32-18-3-1-2-16(10-18)19-11-20-22(31)28-12-17(8-9-27)29(20)21(19)15-6-4-14(13-30)5-7-15/h1-7,10-11,17,30H,8-9,12-13,27H2,(H,28,31). The maximum atomic E-state index is 12.8. The number of carbonyl (C=O) groups excluding carboxylic acids is 1. The lowest BCUT2D eigenvalue weighted by molar-refractivity contribution is -0.274. The monoisotopic (exact) mass is 445 g/mol. The summed E-state index contributed by atoms with van der Waals surface area (Å²) in [5.74, 6) is -0.607. The molecule has 1 aliphatic heterocycles. The second kappa shape index (κ2) is 8.68. The van der Waals surface area contributed by atoms with E-state index in [4.69, 9.17) is 5.73 Å². The van der Waals surface area contributed by atoms with E-state index in [1.807, 2.05) is 16.7 Å². The van der Waals surface area contributed by atoms with E-state index in [9.17, 15) is 23.1 Å². The number of ether oxygens (including phenoxy) is 1. The first-order valence-electron chi connectivity index (χ1n) is 10.1. The fraction of sp³-hybridized carbons (Fsp3) is 0.261. The Balaban J connectivity index is 1.92. The molecule has 168 valence electrons. The van der Waals surface area contributed by atoms with Gasteiger partial charge in [-0.25, -0.2) is 0 Å². The molecule has 6 nitrogen and oxygen atoms in total. The molecule has 2 aromatic carbocycles. The average molecular weight is 445 g/mol. The number of nitrogens with zero attached hydrogens (tertiary/aromatic N) is 1. The molecule has 0 spiro atoms. The number of alkyl halides is 3. The van der Waals surface area contributed by atoms with Crippen molar-refractivity contribution in [3.05, 3.63) is 65.9 Å². The number of nitrogens with two attached hydrogens (primary N) is 1. The molecule has 32 heavy (non-hydrogen) atoms. The maximum absolute atomic E-state index is 12.8. The molecule has 3 aromatic rings. The van der Waals surface area contributed by atoms with Gasteiger partial charge in [-0.2, -0.15) is 0 Å². The zero-order valence-corrected chi connectivity index (χ0v) is 17.0. The Bertz CT molecular complexity index is 1120. The Morgan fingerprint density at radius 2 is 1.88 bits per heavy atom. The van der Waals surface area contributed by atoms with Crippen LogP contribution >= 0.6 is 0 Å². The summed E-state index contributed by atoms with van der Waals surface area (Å²) < 4.78 is 44.3. The molecule has 0 aliphatic carbocycles. The number of halogens is 3. The molecular formula is C23H22F3N3O3. The summed E-state index contributed by atoms with van der Waals surface area (Å²) in [4.78, 5) is 12.6. The number of hydrogen-bond acceptors (Lipinski definition) is 4. The minimum absolute atomic E-state index is 0.108. The summed E-state index contributed by atoms with van der Waals surface area (Å²) in [5.41, 5.74) is 9.47. The molecular weight excluding hydrogens is 423 g/mol. The van der Waals surface area contributed by atoms with Gasteiger partial charge in [0, 0.05) is 12.1 Å². The normalized spacial score (nSPS) is 15.9. The fourth-order valence-corrected chi connectivity index (χ4v) is 4.04. The third kappa shape index (κ3) is 4.35. The van der Waals surface area contributed by atoms with E-state index < -0.39 is 6.36 Å². The summed E-state index contributed by atoms with van der Waals surface area (Å²) >= 11 is 0. The first-order valence-corrected chi connectivity index (χ1v) is 10.1. The molecule has 1 aromatic heterocycles. The predicted molar refractivity (Wildman–Crippen MR) is 113 cm³/mol. The van der Waals surface area contributed by atoms with Crippen molar-refractivity contribution in [1.82, 2.24) is 9.88 Å². The molecule has 0 radical (unpaired) electrons. The van der Waals surface area contributed by atoms with Gasteiger partial charge >= 0.3 is 6.36 Å². The Labute approximate surface area is 182 Å². The second-order valence-electron chi connectivity index (χ2n) is 7.53. The van der Waals surface area contributed by atoms with E-state index >= 15 is 0 Å². The maximum Gasteiger partial charge on any atom is 0.573 e. The highest BCUT2D eigenvalue weighted by molar-refractivity contribution is 5.98. The lowest BCUT2D eigenvalue weighted by atomic mass is 9.99. The van der Waals surface area contributed by atoms with Gasteiger partial charge in [0.1, 0.15) is 11.4 Å². The van der Waals surface area contributed by atoms with Crippen LogP contribution in [0.3, 0.4) is 0 Å². The summed E-state index contributed by atoms with van der Waals surface area (Å²) in [7, 11) is 0. The van der Waals surface area contributed by atoms with Crippen LogP contribution in [0.15, 0.2) is 54.6 Å². The minimum Gasteiger partial charge on any atom is -0.406 e. The molecule has 1 amide bonds. The van der Waals surface area contributed by atoms with Gasteiger partial charge in [-0.05, 0) is 47.9 Å². The summed E-state index contributed by atoms with van der Waals surface area (Å²) in [6.45, 7) is 0.690. The predicted octanol–water partition coefficient (Wildman–Crippen LogP) is 3.85. The van der Waals surface area contributed by atoms with Crippen LogP contribution in [0.25, 0.3) is 22.4 Å². The van der Waals surface area contributed by atoms with Gasteiger partial charge in [-0.3, -0.25) is 4.79 Å². The lowest BCUT2D eigenvalue weighted by Gasteiger charge is -2.28. The van der Waals surface area contributed by atoms with Crippen molar-refractivity contribution < 1.29 is 27.8 Å². The zero-order chi connectivity index (χ0) is 22.9. The third-order valence-electron chi connectivity index (χ3n) is 5.42. The first-order chi connectivity index (χ1) is 15.3. The zero-order valence-electron chi connectivity index (χ0n) is 17.0. The molecule has 0 saturated carbocycles. The van der Waals surface area contributed by atoms with E-state index in [1.165, 1.54) is 18.2 Å². The Hall–Kier alpha value is -3.30. The van der Waals surface area contributed by atoms with Crippen molar-refractivity contribution in [1.29, 1.82) is 0 Å². The van der Waals surface area contributed by atoms with Crippen LogP contribution in [0.5, 0.6) is 5.75 Å². The Kier molecular flexibility index (Phi) is 5.94. The van der Waals surface area contributed by atoms with Crippen molar-refractivity contribution in [2.75, 3.05) is 13.1 Å². The topological polar surface area (TPSA) is 89.5 Å². The highest BCUT2D eigenvalue weighted by Crippen LogP contribution is 2.40. The molecule has 1 unspecified atom stereocenters. The van der Waals surface area contributed by atoms with Crippen molar-refractivity contribution in [3.63, 3.8) is 0 Å². The third-order valence-corrected chi connectivity index (χ3v) is 5.42. The van der Waals surface area contributed by atoms with Crippen LogP contribution in [0, 0.1) is 0 Å². The van der Waals surface area contributed by atoms with Crippen molar-refractivity contribution >= 4 is 5.91 Å². The first kappa shape index (κ1) is 21.9. The van der Waals surface area contributed by atoms with E-state index in [0.29, 0.717) is 42.0 Å². The van der Waals surface area contributed by atoms with Crippen LogP contribution in [-0.2, 0) is 6.61 Å². The molecule has 0 bridgehead atoms. The SMILES string of the molecule is NCCC1CNC(=O)c2cc(-c3cccc(OC(F)(F)F)c3)c(-c3ccc(CO)cc3)n21. The molecule has 4 rings (SSSR count). The van der Waals surface area contributed by atoms with Crippen molar-refractivity contribution in [2.45, 2.75) is 25.4 Å². The number of hydrogen-bond donors (Lipinski definition) is 3. The lowest BCUT2D eigenvalue weighted by Crippen LogP contribution is -2.39. The number of fused-ring (bicyclic) bond motifs is 1. The summed E-state index contributed by atoms with van der Waals surface area (Å²) in [6.07, 6.45) is -4.20. The van der Waals surface area contributed by atoms with Crippen molar-refractivity contribution in [2.24, 2.45) is 5.73 Å². The fourth-order valence-electron chi connectivity index (χ4n) is 4.04. The minimum atomic E-state index is -4.81. The van der Waals surface area contributed by atoms with Crippen LogP contribution < -0.4 is 15.8 Å². The molecule has 0 saturated heterocycles. The van der Waals surface area contributed by atoms with E-state index in [2.05, 4.69) is 10.1 Å². The van der Waals surface area contributed by atoms with Gasteiger partial charge in [-0.15, -0.1) is 13.2 Å². The largest absolute Gasteiger partial charge is 0.573 e. The smallest absolute Gasteiger partial charge is 0.406 e. The Morgan fingerprint density at radius 3 is 2.53 bits per heavy atom. The molecule has 1 aliphatic rings. The van der Waals surface area contributed by atoms with Crippen LogP contribution in [0.1, 0.15) is 28.5 Å². The van der Waals surface area contributed by atoms with Gasteiger partial charge in [0.25, 0.3) is 5.91 Å².